The van der Waals surface area contributed by atoms with Crippen molar-refractivity contribution in [3.05, 3.63) is 41.5 Å². The Balaban J connectivity index is 2.07. The number of hydrogen-bond donors (Lipinski definition) is 3. The summed E-state index contributed by atoms with van der Waals surface area (Å²) in [7, 11) is 0. The summed E-state index contributed by atoms with van der Waals surface area (Å²) in [6.45, 7) is 1.58. The second-order valence-corrected chi connectivity index (χ2v) is 6.18. The highest BCUT2D eigenvalue weighted by Gasteiger charge is 2.20. The first-order chi connectivity index (χ1) is 11.6. The first-order valence-corrected chi connectivity index (χ1v) is 8.43. The number of aliphatic hydroxyl groups is 1. The number of aryl methyl sites for hydroxylation is 1. The fraction of sp³-hybridized carbons (Fsp3) is 0.235. The maximum absolute atomic E-state index is 11.2. The number of fused-ring (bicyclic) bond motifs is 1. The molecule has 0 amide bonds. The van der Waals surface area contributed by atoms with E-state index in [4.69, 9.17) is 5.11 Å². The van der Waals surface area contributed by atoms with Crippen LogP contribution < -0.4 is 5.32 Å². The predicted octanol–water partition coefficient (Wildman–Crippen LogP) is 2.78. The molecule has 0 radical (unpaired) electrons. The Bertz CT molecular complexity index is 861. The molecule has 0 aliphatic carbocycles. The van der Waals surface area contributed by atoms with Gasteiger partial charge in [-0.25, -0.2) is 14.8 Å². The highest BCUT2D eigenvalue weighted by Crippen LogP contribution is 2.36. The van der Waals surface area contributed by atoms with Crippen molar-refractivity contribution in [3.63, 3.8) is 0 Å². The zero-order valence-electron chi connectivity index (χ0n) is 13.1. The molecule has 124 valence electrons. The summed E-state index contributed by atoms with van der Waals surface area (Å²) >= 11 is 1.47. The number of benzene rings is 1. The monoisotopic (exact) mass is 343 g/mol. The Morgan fingerprint density at radius 3 is 2.67 bits per heavy atom. The molecule has 0 bridgehead atoms. The van der Waals surface area contributed by atoms with Gasteiger partial charge in [0.25, 0.3) is 0 Å². The minimum Gasteiger partial charge on any atom is -0.480 e. The topological polar surface area (TPSA) is 95.3 Å². The molecule has 2 aromatic heterocycles. The van der Waals surface area contributed by atoms with Crippen molar-refractivity contribution in [3.8, 4) is 11.1 Å². The fourth-order valence-electron chi connectivity index (χ4n) is 2.47. The summed E-state index contributed by atoms with van der Waals surface area (Å²) in [5.41, 5.74) is 3.22. The zero-order chi connectivity index (χ0) is 17.1. The van der Waals surface area contributed by atoms with Crippen molar-refractivity contribution in [2.24, 2.45) is 0 Å². The molecule has 3 aromatic rings. The van der Waals surface area contributed by atoms with E-state index in [1.54, 1.807) is 0 Å². The van der Waals surface area contributed by atoms with Crippen LogP contribution in [0.1, 0.15) is 12.5 Å². The van der Waals surface area contributed by atoms with E-state index in [0.29, 0.717) is 5.82 Å². The average molecular weight is 343 g/mol. The molecular weight excluding hydrogens is 326 g/mol. The number of aliphatic carboxylic acids is 1. The maximum atomic E-state index is 11.2. The van der Waals surface area contributed by atoms with Gasteiger partial charge in [0.05, 0.1) is 12.0 Å². The number of carboxylic acids is 1. The van der Waals surface area contributed by atoms with Gasteiger partial charge >= 0.3 is 5.97 Å². The Morgan fingerprint density at radius 1 is 1.29 bits per heavy atom. The van der Waals surface area contributed by atoms with Crippen LogP contribution in [-0.4, -0.2) is 38.8 Å². The summed E-state index contributed by atoms with van der Waals surface area (Å²) < 4.78 is 0. The molecule has 1 unspecified atom stereocenters. The average Bonchev–Trinajstić information content (AvgIpc) is 3.04. The predicted molar refractivity (Wildman–Crippen MR) is 94.4 cm³/mol. The number of nitrogens with one attached hydrogen (secondary N) is 1. The van der Waals surface area contributed by atoms with Crippen LogP contribution in [-0.2, 0) is 11.2 Å². The van der Waals surface area contributed by atoms with Crippen LogP contribution >= 0.6 is 11.3 Å². The Morgan fingerprint density at radius 2 is 2.04 bits per heavy atom. The van der Waals surface area contributed by atoms with E-state index in [9.17, 15) is 9.90 Å². The highest BCUT2D eigenvalue weighted by molar-refractivity contribution is 7.17. The van der Waals surface area contributed by atoms with E-state index in [2.05, 4.69) is 34.3 Å². The van der Waals surface area contributed by atoms with Crippen LogP contribution in [0.4, 0.5) is 5.82 Å². The van der Waals surface area contributed by atoms with Gasteiger partial charge in [0.15, 0.2) is 0 Å². The Hall–Kier alpha value is -2.51. The molecule has 0 fully saturated rings. The van der Waals surface area contributed by atoms with Crippen molar-refractivity contribution in [1.29, 1.82) is 0 Å². The van der Waals surface area contributed by atoms with Crippen molar-refractivity contribution in [2.45, 2.75) is 19.4 Å². The van der Waals surface area contributed by atoms with Gasteiger partial charge in [-0.2, -0.15) is 0 Å². The summed E-state index contributed by atoms with van der Waals surface area (Å²) in [5.74, 6) is -0.717. The van der Waals surface area contributed by atoms with Crippen LogP contribution in [0, 0.1) is 0 Å². The van der Waals surface area contributed by atoms with Crippen molar-refractivity contribution in [1.82, 2.24) is 9.97 Å². The lowest BCUT2D eigenvalue weighted by Crippen LogP contribution is -2.33. The van der Waals surface area contributed by atoms with Crippen molar-refractivity contribution < 1.29 is 15.0 Å². The third kappa shape index (κ3) is 3.08. The minimum atomic E-state index is -1.13. The Labute approximate surface area is 142 Å². The normalized spacial score (nSPS) is 12.2. The number of aliphatic hydroxyl groups excluding tert-OH is 1. The third-order valence-electron chi connectivity index (χ3n) is 3.84. The number of aromatic nitrogens is 2. The number of nitrogens with zero attached hydrogens (tertiary/aromatic N) is 2. The van der Waals surface area contributed by atoms with Gasteiger partial charge in [0.2, 0.25) is 0 Å². The van der Waals surface area contributed by atoms with Crippen LogP contribution in [0.3, 0.4) is 0 Å². The smallest absolute Gasteiger partial charge is 0.328 e. The number of hydrogen-bond acceptors (Lipinski definition) is 6. The van der Waals surface area contributed by atoms with E-state index in [1.807, 2.05) is 17.5 Å². The van der Waals surface area contributed by atoms with Gasteiger partial charge in [0, 0.05) is 10.9 Å². The molecule has 2 heterocycles. The molecular formula is C17H17N3O3S. The molecule has 1 aromatic carbocycles. The molecule has 24 heavy (non-hydrogen) atoms. The van der Waals surface area contributed by atoms with Gasteiger partial charge in [0.1, 0.15) is 23.0 Å². The first kappa shape index (κ1) is 16.4. The van der Waals surface area contributed by atoms with Crippen LogP contribution in [0.15, 0.2) is 36.0 Å². The third-order valence-corrected chi connectivity index (χ3v) is 4.72. The van der Waals surface area contributed by atoms with Gasteiger partial charge in [-0.1, -0.05) is 31.2 Å². The number of rotatable bonds is 6. The lowest BCUT2D eigenvalue weighted by Gasteiger charge is -2.13. The molecule has 3 N–H and O–H groups in total. The number of carboxylic acid groups (broad SMARTS) is 1. The molecule has 7 heteroatoms. The van der Waals surface area contributed by atoms with Crippen LogP contribution in [0.25, 0.3) is 21.3 Å². The van der Waals surface area contributed by atoms with E-state index in [1.165, 1.54) is 23.2 Å². The molecule has 0 aliphatic heterocycles. The molecule has 1 atom stereocenters. The molecule has 6 nitrogen and oxygen atoms in total. The minimum absolute atomic E-state index is 0.414. The summed E-state index contributed by atoms with van der Waals surface area (Å²) in [5, 5.41) is 23.9. The quantitative estimate of drug-likeness (QED) is 0.637. The Kier molecular flexibility index (Phi) is 4.73. The van der Waals surface area contributed by atoms with E-state index in [-0.39, 0.29) is 0 Å². The molecule has 0 saturated heterocycles. The molecule has 0 spiro atoms. The number of thiophene rings is 1. The standard InChI is InChI=1S/C17H17N3O3S/c1-2-10-3-5-11(6-4-10)12-8-24-16-14(12)15(18-9-19-16)20-13(7-21)17(22)23/h3-6,8-9,13,21H,2,7H2,1H3,(H,22,23)(H,18,19,20). The van der Waals surface area contributed by atoms with Gasteiger partial charge in [-0.15, -0.1) is 11.3 Å². The first-order valence-electron chi connectivity index (χ1n) is 7.55. The fourth-order valence-corrected chi connectivity index (χ4v) is 3.38. The summed E-state index contributed by atoms with van der Waals surface area (Å²) in [6, 6.07) is 7.11. The second-order valence-electron chi connectivity index (χ2n) is 5.32. The largest absolute Gasteiger partial charge is 0.480 e. The molecule has 0 aliphatic rings. The maximum Gasteiger partial charge on any atom is 0.328 e. The van der Waals surface area contributed by atoms with E-state index in [0.717, 1.165) is 27.8 Å². The number of anilines is 1. The lowest BCUT2D eigenvalue weighted by molar-refractivity contribution is -0.138. The van der Waals surface area contributed by atoms with Crippen molar-refractivity contribution in [2.75, 3.05) is 11.9 Å². The highest BCUT2D eigenvalue weighted by atomic mass is 32.1. The molecule has 3 rings (SSSR count). The summed E-state index contributed by atoms with van der Waals surface area (Å²) in [6.07, 6.45) is 2.36. The van der Waals surface area contributed by atoms with Gasteiger partial charge in [-0.05, 0) is 17.5 Å². The van der Waals surface area contributed by atoms with E-state index >= 15 is 0 Å². The van der Waals surface area contributed by atoms with Gasteiger partial charge in [-0.3, -0.25) is 0 Å². The lowest BCUT2D eigenvalue weighted by atomic mass is 10.0. The molecule has 0 saturated carbocycles. The zero-order valence-corrected chi connectivity index (χ0v) is 13.9. The van der Waals surface area contributed by atoms with Crippen molar-refractivity contribution >= 4 is 33.3 Å². The van der Waals surface area contributed by atoms with E-state index < -0.39 is 18.6 Å². The van der Waals surface area contributed by atoms with Gasteiger partial charge < -0.3 is 15.5 Å². The van der Waals surface area contributed by atoms with Crippen LogP contribution in [0.2, 0.25) is 0 Å². The number of carbonyl (C=O) groups is 1. The van der Waals surface area contributed by atoms with Crippen LogP contribution in [0.5, 0.6) is 0 Å². The summed E-state index contributed by atoms with van der Waals surface area (Å²) in [4.78, 5) is 20.4. The SMILES string of the molecule is CCc1ccc(-c2csc3ncnc(NC(CO)C(=O)O)c23)cc1. The second kappa shape index (κ2) is 6.94.